The first-order valence-electron chi connectivity index (χ1n) is 6.08. The van der Waals surface area contributed by atoms with Gasteiger partial charge in [0.05, 0.1) is 0 Å². The van der Waals surface area contributed by atoms with Gasteiger partial charge in [-0.1, -0.05) is 0 Å². The van der Waals surface area contributed by atoms with E-state index in [0.717, 1.165) is 11.1 Å². The third-order valence-corrected chi connectivity index (χ3v) is 4.18. The minimum atomic E-state index is -0.848. The zero-order chi connectivity index (χ0) is 13.6. The van der Waals surface area contributed by atoms with Crippen molar-refractivity contribution in [3.8, 4) is 0 Å². The molecule has 2 heterocycles. The normalized spacial score (nSPS) is 18.7. The van der Waals surface area contributed by atoms with Gasteiger partial charge in [-0.25, -0.2) is 0 Å². The van der Waals surface area contributed by atoms with E-state index in [1.165, 1.54) is 4.70 Å². The number of nitrogens with zero attached hydrogens (tertiary/aromatic N) is 1. The summed E-state index contributed by atoms with van der Waals surface area (Å²) in [5.41, 5.74) is -0.0716. The van der Waals surface area contributed by atoms with E-state index >= 15 is 0 Å². The Morgan fingerprint density at radius 1 is 1.26 bits per heavy atom. The van der Waals surface area contributed by atoms with Crippen molar-refractivity contribution in [1.82, 2.24) is 5.32 Å². The second-order valence-electron chi connectivity index (χ2n) is 5.21. The average molecular weight is 274 g/mol. The quantitative estimate of drug-likeness (QED) is 0.866. The minimum Gasteiger partial charge on any atom is -0.341 e. The summed E-state index contributed by atoms with van der Waals surface area (Å²) in [6.07, 6.45) is 0. The molecule has 1 aliphatic rings. The number of carbonyl (C=O) groups is 2. The van der Waals surface area contributed by atoms with Crippen LogP contribution in [0.15, 0.2) is 29.6 Å². The van der Waals surface area contributed by atoms with Gasteiger partial charge in [0, 0.05) is 10.4 Å². The number of hydrogen-bond donors (Lipinski definition) is 1. The molecule has 0 spiro atoms. The summed E-state index contributed by atoms with van der Waals surface area (Å²) in [5, 5.41) is 5.82. The van der Waals surface area contributed by atoms with Gasteiger partial charge in [0.2, 0.25) is 5.91 Å². The smallest absolute Gasteiger partial charge is 0.252 e. The number of amides is 2. The topological polar surface area (TPSA) is 49.4 Å². The van der Waals surface area contributed by atoms with Crippen molar-refractivity contribution in [3.63, 3.8) is 0 Å². The lowest BCUT2D eigenvalue weighted by Crippen LogP contribution is -2.64. The average Bonchev–Trinajstić information content (AvgIpc) is 2.80. The zero-order valence-electron chi connectivity index (χ0n) is 10.8. The number of hydrogen-bond acceptors (Lipinski definition) is 3. The largest absolute Gasteiger partial charge is 0.341 e. The number of piperazine rings is 1. The molecule has 1 N–H and O–H groups in total. The molecule has 0 saturated carbocycles. The molecule has 4 nitrogen and oxygen atoms in total. The lowest BCUT2D eigenvalue weighted by atomic mass is 10.00. The molecule has 3 rings (SSSR count). The fraction of sp³-hybridized carbons (Fsp3) is 0.286. The Kier molecular flexibility index (Phi) is 2.60. The Labute approximate surface area is 115 Å². The first-order chi connectivity index (χ1) is 8.97. The van der Waals surface area contributed by atoms with E-state index in [-0.39, 0.29) is 18.4 Å². The van der Waals surface area contributed by atoms with Crippen LogP contribution in [0.5, 0.6) is 0 Å². The predicted molar refractivity (Wildman–Crippen MR) is 76.4 cm³/mol. The Balaban J connectivity index is 2.04. The highest BCUT2D eigenvalue weighted by atomic mass is 32.1. The van der Waals surface area contributed by atoms with Crippen molar-refractivity contribution in [1.29, 1.82) is 0 Å². The molecular formula is C14H14N2O2S. The first kappa shape index (κ1) is 12.2. The molecule has 19 heavy (non-hydrogen) atoms. The minimum absolute atomic E-state index is 0.0813. The van der Waals surface area contributed by atoms with E-state index in [1.807, 2.05) is 29.6 Å². The molecule has 1 aromatic carbocycles. The molecule has 1 fully saturated rings. The molecule has 0 bridgehead atoms. The molecule has 1 aromatic heterocycles. The number of fused-ring (bicyclic) bond motifs is 1. The molecule has 0 aliphatic carbocycles. The van der Waals surface area contributed by atoms with Gasteiger partial charge in [0.1, 0.15) is 12.1 Å². The molecular weight excluding hydrogens is 260 g/mol. The van der Waals surface area contributed by atoms with Crippen molar-refractivity contribution in [2.75, 3.05) is 11.4 Å². The van der Waals surface area contributed by atoms with Crippen molar-refractivity contribution in [2.45, 2.75) is 19.4 Å². The second-order valence-corrected chi connectivity index (χ2v) is 6.15. The van der Waals surface area contributed by atoms with Crippen LogP contribution in [-0.4, -0.2) is 23.9 Å². The van der Waals surface area contributed by atoms with Crippen molar-refractivity contribution < 1.29 is 9.59 Å². The standard InChI is InChI=1S/C14H14N2O2S/c1-14(2)13(18)16(8-12(17)15-14)10-3-4-11-9(7-10)5-6-19-11/h3-7H,8H2,1-2H3,(H,15,17). The van der Waals surface area contributed by atoms with Gasteiger partial charge in [-0.05, 0) is 48.9 Å². The molecule has 0 atom stereocenters. The molecule has 1 aliphatic heterocycles. The lowest BCUT2D eigenvalue weighted by Gasteiger charge is -2.37. The Morgan fingerprint density at radius 2 is 2.05 bits per heavy atom. The molecule has 98 valence electrons. The van der Waals surface area contributed by atoms with Crippen LogP contribution in [0.25, 0.3) is 10.1 Å². The fourth-order valence-electron chi connectivity index (χ4n) is 2.32. The van der Waals surface area contributed by atoms with Gasteiger partial charge in [-0.2, -0.15) is 0 Å². The second kappa shape index (κ2) is 4.06. The summed E-state index contributed by atoms with van der Waals surface area (Å²) in [5.74, 6) is -0.211. The Bertz CT molecular complexity index is 675. The third-order valence-electron chi connectivity index (χ3n) is 3.28. The summed E-state index contributed by atoms with van der Waals surface area (Å²) in [4.78, 5) is 25.7. The van der Waals surface area contributed by atoms with Crippen molar-refractivity contribution >= 4 is 38.9 Å². The summed E-state index contributed by atoms with van der Waals surface area (Å²) in [7, 11) is 0. The summed E-state index contributed by atoms with van der Waals surface area (Å²) < 4.78 is 1.18. The molecule has 5 heteroatoms. The Morgan fingerprint density at radius 3 is 2.84 bits per heavy atom. The first-order valence-corrected chi connectivity index (χ1v) is 6.95. The van der Waals surface area contributed by atoms with E-state index < -0.39 is 5.54 Å². The highest BCUT2D eigenvalue weighted by molar-refractivity contribution is 7.17. The SMILES string of the molecule is CC1(C)NC(=O)CN(c2ccc3sccc3c2)C1=O. The van der Waals surface area contributed by atoms with Gasteiger partial charge in [0.25, 0.3) is 5.91 Å². The highest BCUT2D eigenvalue weighted by Crippen LogP contribution is 2.28. The van der Waals surface area contributed by atoms with Crippen molar-refractivity contribution in [2.24, 2.45) is 0 Å². The van der Waals surface area contributed by atoms with E-state index in [1.54, 1.807) is 30.1 Å². The summed E-state index contributed by atoms with van der Waals surface area (Å²) in [6.45, 7) is 3.53. The number of benzene rings is 1. The molecule has 0 unspecified atom stereocenters. The monoisotopic (exact) mass is 274 g/mol. The number of rotatable bonds is 1. The van der Waals surface area contributed by atoms with E-state index in [2.05, 4.69) is 5.32 Å². The molecule has 2 aromatic rings. The van der Waals surface area contributed by atoms with Crippen LogP contribution >= 0.6 is 11.3 Å². The molecule has 0 radical (unpaired) electrons. The number of thiophene rings is 1. The summed E-state index contributed by atoms with van der Waals surface area (Å²) in [6, 6.07) is 7.86. The van der Waals surface area contributed by atoms with E-state index in [9.17, 15) is 9.59 Å². The highest BCUT2D eigenvalue weighted by Gasteiger charge is 2.39. The number of nitrogens with one attached hydrogen (secondary N) is 1. The van der Waals surface area contributed by atoms with Crippen LogP contribution in [0.3, 0.4) is 0 Å². The maximum absolute atomic E-state index is 12.4. The van der Waals surface area contributed by atoms with Gasteiger partial charge >= 0.3 is 0 Å². The van der Waals surface area contributed by atoms with Gasteiger partial charge in [-0.3, -0.25) is 9.59 Å². The van der Waals surface area contributed by atoms with Gasteiger partial charge in [0.15, 0.2) is 0 Å². The van der Waals surface area contributed by atoms with Crippen molar-refractivity contribution in [3.05, 3.63) is 29.6 Å². The van der Waals surface area contributed by atoms with Crippen LogP contribution < -0.4 is 10.2 Å². The third kappa shape index (κ3) is 2.00. The van der Waals surface area contributed by atoms with Gasteiger partial charge in [-0.15, -0.1) is 11.3 Å². The van der Waals surface area contributed by atoms with E-state index in [4.69, 9.17) is 0 Å². The van der Waals surface area contributed by atoms with Crippen LogP contribution in [0.1, 0.15) is 13.8 Å². The molecule has 2 amide bonds. The molecule has 1 saturated heterocycles. The maximum Gasteiger partial charge on any atom is 0.252 e. The van der Waals surface area contributed by atoms with Gasteiger partial charge < -0.3 is 10.2 Å². The van der Waals surface area contributed by atoms with E-state index in [0.29, 0.717) is 0 Å². The van der Waals surface area contributed by atoms with Crippen LogP contribution in [0.2, 0.25) is 0 Å². The number of anilines is 1. The number of carbonyl (C=O) groups excluding carboxylic acids is 2. The predicted octanol–water partition coefficient (Wildman–Crippen LogP) is 2.14. The van der Waals surface area contributed by atoms with Crippen LogP contribution in [0.4, 0.5) is 5.69 Å². The Hall–Kier alpha value is -1.88. The fourth-order valence-corrected chi connectivity index (χ4v) is 3.10. The van der Waals surface area contributed by atoms with Crippen LogP contribution in [-0.2, 0) is 9.59 Å². The van der Waals surface area contributed by atoms with Crippen LogP contribution in [0, 0.1) is 0 Å². The lowest BCUT2D eigenvalue weighted by molar-refractivity contribution is -0.134. The maximum atomic E-state index is 12.4. The zero-order valence-corrected chi connectivity index (χ0v) is 11.6. The summed E-state index contributed by atoms with van der Waals surface area (Å²) >= 11 is 1.66.